The van der Waals surface area contributed by atoms with Crippen molar-refractivity contribution in [3.05, 3.63) is 25.3 Å². The van der Waals surface area contributed by atoms with E-state index in [1.165, 1.54) is 0 Å². The van der Waals surface area contributed by atoms with Crippen molar-refractivity contribution in [3.8, 4) is 0 Å². The third-order valence-electron chi connectivity index (χ3n) is 3.81. The van der Waals surface area contributed by atoms with Crippen LogP contribution in [-0.2, 0) is 0 Å². The first kappa shape index (κ1) is 12.5. The molecule has 0 aliphatic carbocycles. The molecule has 1 N–H and O–H groups in total. The van der Waals surface area contributed by atoms with Crippen LogP contribution in [-0.4, -0.2) is 41.4 Å². The molecule has 0 radical (unpaired) electrons. The van der Waals surface area contributed by atoms with Crippen molar-refractivity contribution in [3.63, 3.8) is 0 Å². The molecule has 1 aliphatic rings. The minimum Gasteiger partial charge on any atom is -0.392 e. The molecule has 1 rings (SSSR count). The second-order valence-corrected chi connectivity index (χ2v) is 4.97. The number of piperidine rings is 1. The van der Waals surface area contributed by atoms with Crippen molar-refractivity contribution in [2.24, 2.45) is 5.92 Å². The van der Waals surface area contributed by atoms with Crippen LogP contribution in [0.2, 0.25) is 0 Å². The standard InChI is InChI=1S/C13H24NO/c1-5-7-14(8-6-2)10-11(3)13(15)9-12(14)4/h5-6,11-13,15H,1-2,7-10H2,3-4H3/q+1/t11-,12-,13-/m1/s1. The van der Waals surface area contributed by atoms with Gasteiger partial charge in [-0.2, -0.15) is 0 Å². The van der Waals surface area contributed by atoms with E-state index >= 15 is 0 Å². The second kappa shape index (κ2) is 4.95. The van der Waals surface area contributed by atoms with E-state index in [0.29, 0.717) is 12.0 Å². The van der Waals surface area contributed by atoms with Crippen molar-refractivity contribution < 1.29 is 9.59 Å². The van der Waals surface area contributed by atoms with E-state index in [0.717, 1.165) is 30.5 Å². The fourth-order valence-electron chi connectivity index (χ4n) is 2.78. The van der Waals surface area contributed by atoms with Crippen LogP contribution in [0.4, 0.5) is 0 Å². The first-order valence-electron chi connectivity index (χ1n) is 5.81. The number of nitrogens with zero attached hydrogens (tertiary/aromatic N) is 1. The summed E-state index contributed by atoms with van der Waals surface area (Å²) in [6, 6.07) is 0.493. The summed E-state index contributed by atoms with van der Waals surface area (Å²) >= 11 is 0. The molecule has 0 bridgehead atoms. The average molecular weight is 210 g/mol. The number of likely N-dealkylation sites (tertiary alicyclic amines) is 1. The molecule has 2 nitrogen and oxygen atoms in total. The van der Waals surface area contributed by atoms with Crippen LogP contribution in [0.25, 0.3) is 0 Å². The fourth-order valence-corrected chi connectivity index (χ4v) is 2.78. The highest BCUT2D eigenvalue weighted by Crippen LogP contribution is 2.29. The minimum absolute atomic E-state index is 0.138. The molecule has 1 heterocycles. The van der Waals surface area contributed by atoms with Gasteiger partial charge in [0.05, 0.1) is 31.8 Å². The predicted octanol–water partition coefficient (Wildman–Crippen LogP) is 1.96. The Balaban J connectivity index is 2.84. The van der Waals surface area contributed by atoms with Crippen molar-refractivity contribution in [2.75, 3.05) is 19.6 Å². The molecule has 86 valence electrons. The van der Waals surface area contributed by atoms with Crippen LogP contribution >= 0.6 is 0 Å². The van der Waals surface area contributed by atoms with Gasteiger partial charge < -0.3 is 9.59 Å². The molecule has 1 saturated heterocycles. The normalized spacial score (nSPS) is 34.7. The summed E-state index contributed by atoms with van der Waals surface area (Å²) in [6.45, 7) is 15.0. The molecule has 2 heteroatoms. The monoisotopic (exact) mass is 210 g/mol. The lowest BCUT2D eigenvalue weighted by Crippen LogP contribution is -2.62. The van der Waals surface area contributed by atoms with Gasteiger partial charge in [-0.1, -0.05) is 20.1 Å². The molecule has 0 amide bonds. The Hall–Kier alpha value is -0.600. The minimum atomic E-state index is -0.138. The van der Waals surface area contributed by atoms with Crippen LogP contribution < -0.4 is 0 Å². The Bertz CT molecular complexity index is 227. The second-order valence-electron chi connectivity index (χ2n) is 4.97. The maximum absolute atomic E-state index is 9.86. The Morgan fingerprint density at radius 3 is 2.27 bits per heavy atom. The number of hydrogen-bond donors (Lipinski definition) is 1. The first-order valence-corrected chi connectivity index (χ1v) is 5.81. The van der Waals surface area contributed by atoms with E-state index in [1.54, 1.807) is 0 Å². The van der Waals surface area contributed by atoms with Crippen LogP contribution in [0, 0.1) is 5.92 Å². The Kier molecular flexibility index (Phi) is 4.12. The highest BCUT2D eigenvalue weighted by molar-refractivity contribution is 4.81. The molecule has 1 aliphatic heterocycles. The van der Waals surface area contributed by atoms with E-state index in [9.17, 15) is 5.11 Å². The summed E-state index contributed by atoms with van der Waals surface area (Å²) < 4.78 is 1.01. The van der Waals surface area contributed by atoms with Crippen molar-refractivity contribution in [1.29, 1.82) is 0 Å². The molecule has 15 heavy (non-hydrogen) atoms. The van der Waals surface area contributed by atoms with Crippen LogP contribution in [0.15, 0.2) is 25.3 Å². The Morgan fingerprint density at radius 2 is 1.80 bits per heavy atom. The van der Waals surface area contributed by atoms with Gasteiger partial charge in [0.25, 0.3) is 0 Å². The van der Waals surface area contributed by atoms with Gasteiger partial charge in [-0.05, 0) is 19.1 Å². The van der Waals surface area contributed by atoms with E-state index in [2.05, 4.69) is 27.0 Å². The third-order valence-corrected chi connectivity index (χ3v) is 3.81. The summed E-state index contributed by atoms with van der Waals surface area (Å²) in [5.41, 5.74) is 0. The summed E-state index contributed by atoms with van der Waals surface area (Å²) in [7, 11) is 0. The van der Waals surface area contributed by atoms with Gasteiger partial charge in [0.2, 0.25) is 0 Å². The summed E-state index contributed by atoms with van der Waals surface area (Å²) in [5.74, 6) is 0.376. The molecular weight excluding hydrogens is 186 g/mol. The van der Waals surface area contributed by atoms with Gasteiger partial charge in [0.15, 0.2) is 0 Å². The van der Waals surface area contributed by atoms with Crippen molar-refractivity contribution in [1.82, 2.24) is 0 Å². The molecule has 3 atom stereocenters. The maximum Gasteiger partial charge on any atom is 0.0975 e. The van der Waals surface area contributed by atoms with Gasteiger partial charge in [-0.25, -0.2) is 0 Å². The molecule has 0 saturated carbocycles. The highest BCUT2D eigenvalue weighted by Gasteiger charge is 2.41. The van der Waals surface area contributed by atoms with E-state index < -0.39 is 0 Å². The van der Waals surface area contributed by atoms with Gasteiger partial charge in [0, 0.05) is 12.3 Å². The van der Waals surface area contributed by atoms with Gasteiger partial charge >= 0.3 is 0 Å². The lowest BCUT2D eigenvalue weighted by Gasteiger charge is -2.49. The largest absolute Gasteiger partial charge is 0.392 e. The van der Waals surface area contributed by atoms with E-state index in [4.69, 9.17) is 0 Å². The lowest BCUT2D eigenvalue weighted by molar-refractivity contribution is -0.948. The van der Waals surface area contributed by atoms with E-state index in [-0.39, 0.29) is 6.10 Å². The third kappa shape index (κ3) is 2.50. The summed E-state index contributed by atoms with van der Waals surface area (Å²) in [5, 5.41) is 9.86. The number of rotatable bonds is 4. The Labute approximate surface area is 93.5 Å². The fraction of sp³-hybridized carbons (Fsp3) is 0.692. The summed E-state index contributed by atoms with van der Waals surface area (Å²) in [4.78, 5) is 0. The van der Waals surface area contributed by atoms with Crippen LogP contribution in [0.5, 0.6) is 0 Å². The topological polar surface area (TPSA) is 20.2 Å². The lowest BCUT2D eigenvalue weighted by atomic mass is 9.89. The number of aliphatic hydroxyl groups excluding tert-OH is 1. The van der Waals surface area contributed by atoms with Crippen molar-refractivity contribution >= 4 is 0 Å². The molecule has 1 fully saturated rings. The Morgan fingerprint density at radius 1 is 1.27 bits per heavy atom. The van der Waals surface area contributed by atoms with Gasteiger partial charge in [-0.3, -0.25) is 0 Å². The number of hydrogen-bond acceptors (Lipinski definition) is 1. The van der Waals surface area contributed by atoms with E-state index in [1.807, 2.05) is 12.2 Å². The average Bonchev–Trinajstić information content (AvgIpc) is 2.16. The molecule has 0 unspecified atom stereocenters. The SMILES string of the molecule is C=CC[N+]1(CC=C)C[C@@H](C)[C@H](O)C[C@H]1C. The molecule has 0 aromatic heterocycles. The molecule has 0 spiro atoms. The number of quaternary nitrogens is 1. The van der Waals surface area contributed by atoms with Gasteiger partial charge in [0.1, 0.15) is 0 Å². The maximum atomic E-state index is 9.86. The first-order chi connectivity index (χ1) is 7.05. The van der Waals surface area contributed by atoms with Crippen molar-refractivity contribution in [2.45, 2.75) is 32.4 Å². The highest BCUT2D eigenvalue weighted by atomic mass is 16.3. The molecule has 0 aromatic rings. The zero-order valence-electron chi connectivity index (χ0n) is 10.0. The zero-order valence-corrected chi connectivity index (χ0v) is 10.0. The summed E-state index contributed by atoms with van der Waals surface area (Å²) in [6.07, 6.45) is 4.73. The van der Waals surface area contributed by atoms with Crippen LogP contribution in [0.3, 0.4) is 0 Å². The molecular formula is C13H24NO+. The quantitative estimate of drug-likeness (QED) is 0.555. The smallest absolute Gasteiger partial charge is 0.0975 e. The zero-order chi connectivity index (χ0) is 11.5. The van der Waals surface area contributed by atoms with Gasteiger partial charge in [-0.15, -0.1) is 0 Å². The predicted molar refractivity (Wildman–Crippen MR) is 64.5 cm³/mol. The number of aliphatic hydroxyl groups is 1. The molecule has 0 aromatic carbocycles. The van der Waals surface area contributed by atoms with Crippen LogP contribution in [0.1, 0.15) is 20.3 Å².